The smallest absolute Gasteiger partial charge is 0.196 e. The van der Waals surface area contributed by atoms with Gasteiger partial charge in [0.05, 0.1) is 6.42 Å². The highest BCUT2D eigenvalue weighted by Crippen LogP contribution is 2.41. The van der Waals surface area contributed by atoms with Gasteiger partial charge in [0.1, 0.15) is 22.8 Å². The average Bonchev–Trinajstić information content (AvgIpc) is 2.51. The first-order valence-corrected chi connectivity index (χ1v) is 6.95. The van der Waals surface area contributed by atoms with E-state index in [0.29, 0.717) is 5.56 Å². The normalized spacial score (nSPS) is 30.6. The Morgan fingerprint density at radius 2 is 1.91 bits per heavy atom. The number of Topliss-reactive ketones (excluding diaryl/α,β-unsaturated/α-hetero) is 1. The molecule has 7 heteroatoms. The topological polar surface area (TPSA) is 116 Å². The molecule has 1 aliphatic heterocycles. The fraction of sp³-hybridized carbons (Fsp3) is 0.312. The summed E-state index contributed by atoms with van der Waals surface area (Å²) in [6.45, 7) is 0. The molecule has 4 N–H and O–H groups in total. The molecule has 0 saturated carbocycles. The average molecular weight is 320 g/mol. The van der Waals surface area contributed by atoms with Crippen molar-refractivity contribution in [3.8, 4) is 5.75 Å². The van der Waals surface area contributed by atoms with Crippen LogP contribution in [0.2, 0.25) is 0 Å². The third-order valence-electron chi connectivity index (χ3n) is 3.95. The fourth-order valence-corrected chi connectivity index (χ4v) is 2.68. The lowest BCUT2D eigenvalue weighted by atomic mass is 9.87. The molecule has 0 amide bonds. The predicted molar refractivity (Wildman–Crippen MR) is 77.3 cm³/mol. The highest BCUT2D eigenvalue weighted by Gasteiger charge is 2.45. The molecular formula is C16H16O7. The van der Waals surface area contributed by atoms with Crippen LogP contribution < -0.4 is 0 Å². The van der Waals surface area contributed by atoms with E-state index in [0.717, 1.165) is 0 Å². The van der Waals surface area contributed by atoms with E-state index in [1.54, 1.807) is 0 Å². The summed E-state index contributed by atoms with van der Waals surface area (Å²) in [7, 11) is 1.24. The van der Waals surface area contributed by atoms with Gasteiger partial charge in [-0.25, -0.2) is 0 Å². The number of benzene rings is 1. The molecule has 0 bridgehead atoms. The van der Waals surface area contributed by atoms with Crippen LogP contribution in [0, 0.1) is 0 Å². The van der Waals surface area contributed by atoms with Gasteiger partial charge in [0, 0.05) is 13.2 Å². The summed E-state index contributed by atoms with van der Waals surface area (Å²) < 4.78 is 10.5. The molecule has 122 valence electrons. The van der Waals surface area contributed by atoms with Crippen LogP contribution >= 0.6 is 0 Å². The number of fused-ring (bicyclic) bond motifs is 1. The Labute approximate surface area is 131 Å². The van der Waals surface area contributed by atoms with Crippen molar-refractivity contribution in [3.63, 3.8) is 0 Å². The van der Waals surface area contributed by atoms with E-state index in [1.807, 2.05) is 0 Å². The van der Waals surface area contributed by atoms with Gasteiger partial charge in [0.2, 0.25) is 0 Å². The minimum atomic E-state index is -1.82. The lowest BCUT2D eigenvalue weighted by Crippen LogP contribution is -2.41. The van der Waals surface area contributed by atoms with Crippen LogP contribution in [-0.2, 0) is 14.3 Å². The number of ketones is 1. The highest BCUT2D eigenvalue weighted by molar-refractivity contribution is 6.01. The molecule has 3 unspecified atom stereocenters. The zero-order valence-corrected chi connectivity index (χ0v) is 12.3. The van der Waals surface area contributed by atoms with E-state index >= 15 is 0 Å². The van der Waals surface area contributed by atoms with Crippen molar-refractivity contribution in [2.24, 2.45) is 0 Å². The SMILES string of the molecule is COC1(O)C=C2OC(c3ccc(O)cc3)C(O)C(O)=C2C(=O)C1. The van der Waals surface area contributed by atoms with Crippen molar-refractivity contribution in [2.45, 2.75) is 24.4 Å². The van der Waals surface area contributed by atoms with Crippen LogP contribution in [0.25, 0.3) is 0 Å². The molecule has 1 aromatic rings. The number of carbonyl (C=O) groups is 1. The number of phenolic OH excluding ortho intramolecular Hbond substituents is 1. The molecule has 0 fully saturated rings. The van der Waals surface area contributed by atoms with Gasteiger partial charge in [-0.05, 0) is 17.7 Å². The largest absolute Gasteiger partial charge is 0.508 e. The van der Waals surface area contributed by atoms with E-state index in [9.17, 15) is 25.2 Å². The second kappa shape index (κ2) is 5.38. The molecule has 0 saturated heterocycles. The Morgan fingerprint density at radius 3 is 2.52 bits per heavy atom. The molecular weight excluding hydrogens is 304 g/mol. The van der Waals surface area contributed by atoms with E-state index in [2.05, 4.69) is 0 Å². The molecule has 0 aromatic heterocycles. The minimum absolute atomic E-state index is 0.0420. The number of phenols is 1. The third kappa shape index (κ3) is 2.59. The molecule has 3 atom stereocenters. The molecule has 2 aliphatic rings. The van der Waals surface area contributed by atoms with Crippen molar-refractivity contribution >= 4 is 5.78 Å². The third-order valence-corrected chi connectivity index (χ3v) is 3.95. The Hall–Kier alpha value is -2.35. The number of allylic oxidation sites excluding steroid dienone is 1. The summed E-state index contributed by atoms with van der Waals surface area (Å²) in [5, 5.41) is 39.9. The number of ether oxygens (including phenoxy) is 2. The number of aliphatic hydroxyl groups excluding tert-OH is 2. The molecule has 0 radical (unpaired) electrons. The summed E-state index contributed by atoms with van der Waals surface area (Å²) in [5.74, 6) is -2.93. The maximum absolute atomic E-state index is 12.1. The Bertz CT molecular complexity index is 704. The van der Waals surface area contributed by atoms with Crippen LogP contribution in [0.1, 0.15) is 18.1 Å². The Morgan fingerprint density at radius 1 is 1.26 bits per heavy atom. The molecule has 3 rings (SSSR count). The number of carbonyl (C=O) groups excluding carboxylic acids is 1. The van der Waals surface area contributed by atoms with Crippen LogP contribution in [0.3, 0.4) is 0 Å². The van der Waals surface area contributed by atoms with E-state index in [-0.39, 0.29) is 23.5 Å². The van der Waals surface area contributed by atoms with Crippen molar-refractivity contribution in [1.82, 2.24) is 0 Å². The number of aliphatic hydroxyl groups is 3. The van der Waals surface area contributed by atoms with Gasteiger partial charge in [-0.15, -0.1) is 0 Å². The molecule has 1 aliphatic carbocycles. The van der Waals surface area contributed by atoms with Crippen LogP contribution in [0.15, 0.2) is 47.4 Å². The van der Waals surface area contributed by atoms with Gasteiger partial charge in [0.25, 0.3) is 0 Å². The summed E-state index contributed by atoms with van der Waals surface area (Å²) in [6.07, 6.45) is -1.62. The van der Waals surface area contributed by atoms with E-state index in [1.165, 1.54) is 37.5 Å². The maximum atomic E-state index is 12.1. The summed E-state index contributed by atoms with van der Waals surface area (Å²) >= 11 is 0. The number of hydrogen-bond acceptors (Lipinski definition) is 7. The Kier molecular flexibility index (Phi) is 3.63. The number of aromatic hydroxyl groups is 1. The van der Waals surface area contributed by atoms with Gasteiger partial charge in [-0.3, -0.25) is 4.79 Å². The molecule has 1 aromatic carbocycles. The van der Waals surface area contributed by atoms with Gasteiger partial charge < -0.3 is 29.9 Å². The Balaban J connectivity index is 2.05. The highest BCUT2D eigenvalue weighted by atomic mass is 16.6. The van der Waals surface area contributed by atoms with Crippen molar-refractivity contribution in [3.05, 3.63) is 53.0 Å². The van der Waals surface area contributed by atoms with Crippen molar-refractivity contribution in [1.29, 1.82) is 0 Å². The lowest BCUT2D eigenvalue weighted by Gasteiger charge is -2.36. The predicted octanol–water partition coefficient (Wildman–Crippen LogP) is 0.828. The van der Waals surface area contributed by atoms with E-state index in [4.69, 9.17) is 9.47 Å². The summed E-state index contributed by atoms with van der Waals surface area (Å²) in [4.78, 5) is 12.1. The summed E-state index contributed by atoms with van der Waals surface area (Å²) in [5.41, 5.74) is 0.329. The molecule has 7 nitrogen and oxygen atoms in total. The monoisotopic (exact) mass is 320 g/mol. The quantitative estimate of drug-likeness (QED) is 0.596. The van der Waals surface area contributed by atoms with Crippen LogP contribution in [-0.4, -0.2) is 45.2 Å². The first-order valence-electron chi connectivity index (χ1n) is 6.95. The van der Waals surface area contributed by atoms with Crippen molar-refractivity contribution < 1.29 is 34.7 Å². The number of hydrogen-bond donors (Lipinski definition) is 4. The van der Waals surface area contributed by atoms with Gasteiger partial charge in [-0.2, -0.15) is 0 Å². The van der Waals surface area contributed by atoms with Crippen LogP contribution in [0.5, 0.6) is 5.75 Å². The molecule has 0 spiro atoms. The lowest BCUT2D eigenvalue weighted by molar-refractivity contribution is -0.165. The minimum Gasteiger partial charge on any atom is -0.508 e. The number of methoxy groups -OCH3 is 1. The second-order valence-corrected chi connectivity index (χ2v) is 5.49. The maximum Gasteiger partial charge on any atom is 0.196 e. The van der Waals surface area contributed by atoms with Crippen molar-refractivity contribution in [2.75, 3.05) is 7.11 Å². The molecule has 1 heterocycles. The van der Waals surface area contributed by atoms with Crippen LogP contribution in [0.4, 0.5) is 0 Å². The fourth-order valence-electron chi connectivity index (χ4n) is 2.68. The standard InChI is InChI=1S/C16H16O7/c1-22-16(21)6-10(18)12-11(7-16)23-15(14(20)13(12)19)8-2-4-9(17)5-3-8/h2-5,7,14-15,17,19-21H,6H2,1H3. The van der Waals surface area contributed by atoms with Gasteiger partial charge in [0.15, 0.2) is 23.8 Å². The van der Waals surface area contributed by atoms with E-state index < -0.39 is 29.5 Å². The van der Waals surface area contributed by atoms with Gasteiger partial charge in [-0.1, -0.05) is 12.1 Å². The van der Waals surface area contributed by atoms with Gasteiger partial charge >= 0.3 is 0 Å². The first kappa shape index (κ1) is 15.5. The number of rotatable bonds is 2. The molecule has 23 heavy (non-hydrogen) atoms. The zero-order valence-electron chi connectivity index (χ0n) is 12.3. The second-order valence-electron chi connectivity index (χ2n) is 5.49. The summed E-state index contributed by atoms with van der Waals surface area (Å²) in [6, 6.07) is 5.87. The zero-order chi connectivity index (χ0) is 16.8. The first-order chi connectivity index (χ1) is 10.8.